The highest BCUT2D eigenvalue weighted by Gasteiger charge is 2.47. The third-order valence-corrected chi connectivity index (χ3v) is 4.37. The normalized spacial score (nSPS) is 25.1. The Balaban J connectivity index is 1.75. The number of fused-ring (bicyclic) bond motifs is 1. The molecule has 2 amide bonds. The summed E-state index contributed by atoms with van der Waals surface area (Å²) in [6.45, 7) is 3.53. The molecule has 0 spiro atoms. The van der Waals surface area contributed by atoms with Crippen molar-refractivity contribution in [2.75, 3.05) is 24.5 Å². The van der Waals surface area contributed by atoms with E-state index in [0.29, 0.717) is 19.6 Å². The zero-order valence-electron chi connectivity index (χ0n) is 11.5. The average molecular weight is 274 g/mol. The van der Waals surface area contributed by atoms with Crippen LogP contribution in [0.15, 0.2) is 24.3 Å². The largest absolute Gasteiger partial charge is 0.465 e. The predicted octanol–water partition coefficient (Wildman–Crippen LogP) is 1.82. The molecular formula is C15H18N2O3. The van der Waals surface area contributed by atoms with E-state index in [1.165, 1.54) is 10.5 Å². The summed E-state index contributed by atoms with van der Waals surface area (Å²) >= 11 is 0. The average Bonchev–Trinajstić information content (AvgIpc) is 2.99. The molecule has 2 fully saturated rings. The first-order valence-electron chi connectivity index (χ1n) is 6.98. The van der Waals surface area contributed by atoms with E-state index in [4.69, 9.17) is 5.11 Å². The number of rotatable bonds is 2. The van der Waals surface area contributed by atoms with E-state index in [1.807, 2.05) is 24.3 Å². The number of carboxylic acid groups (broad SMARTS) is 1. The van der Waals surface area contributed by atoms with Crippen LogP contribution in [0.25, 0.3) is 0 Å². The van der Waals surface area contributed by atoms with Crippen LogP contribution in [0.1, 0.15) is 12.5 Å². The van der Waals surface area contributed by atoms with E-state index in [9.17, 15) is 9.59 Å². The van der Waals surface area contributed by atoms with Crippen LogP contribution in [-0.2, 0) is 11.2 Å². The summed E-state index contributed by atoms with van der Waals surface area (Å²) in [5.74, 6) is 0.0180. The van der Waals surface area contributed by atoms with Crippen LogP contribution in [-0.4, -0.2) is 41.6 Å². The lowest BCUT2D eigenvalue weighted by Crippen LogP contribution is -2.34. The van der Waals surface area contributed by atoms with Crippen LogP contribution in [0.4, 0.5) is 10.5 Å². The molecular weight excluding hydrogens is 256 g/mol. The molecule has 106 valence electrons. The van der Waals surface area contributed by atoms with Gasteiger partial charge in [0, 0.05) is 31.2 Å². The lowest BCUT2D eigenvalue weighted by Gasteiger charge is -2.20. The Morgan fingerprint density at radius 3 is 2.50 bits per heavy atom. The van der Waals surface area contributed by atoms with Crippen molar-refractivity contribution >= 4 is 17.7 Å². The summed E-state index contributed by atoms with van der Waals surface area (Å²) < 4.78 is 0. The Morgan fingerprint density at radius 1 is 1.25 bits per heavy atom. The second-order valence-electron chi connectivity index (χ2n) is 5.52. The molecule has 5 nitrogen and oxygen atoms in total. The molecule has 0 bridgehead atoms. The number of anilines is 1. The van der Waals surface area contributed by atoms with E-state index >= 15 is 0 Å². The second-order valence-corrected chi connectivity index (χ2v) is 5.52. The molecule has 0 aliphatic carbocycles. The lowest BCUT2D eigenvalue weighted by atomic mass is 10.0. The van der Waals surface area contributed by atoms with Crippen molar-refractivity contribution in [3.05, 3.63) is 29.8 Å². The highest BCUT2D eigenvalue weighted by Crippen LogP contribution is 2.35. The SMILES string of the molecule is CCc1ccc(N2C[C@H]3CN(C(=O)O)C[C@H]3C2=O)cc1. The molecule has 2 atom stereocenters. The number of benzene rings is 1. The molecule has 2 saturated heterocycles. The smallest absolute Gasteiger partial charge is 0.407 e. The summed E-state index contributed by atoms with van der Waals surface area (Å²) in [6, 6.07) is 8.04. The molecule has 1 aromatic carbocycles. The van der Waals surface area contributed by atoms with E-state index in [2.05, 4.69) is 6.92 Å². The van der Waals surface area contributed by atoms with E-state index < -0.39 is 6.09 Å². The van der Waals surface area contributed by atoms with Crippen LogP contribution in [0, 0.1) is 11.8 Å². The predicted molar refractivity (Wildman–Crippen MR) is 74.8 cm³/mol. The van der Waals surface area contributed by atoms with Gasteiger partial charge < -0.3 is 14.9 Å². The maximum Gasteiger partial charge on any atom is 0.407 e. The number of nitrogens with zero attached hydrogens (tertiary/aromatic N) is 2. The molecule has 3 rings (SSSR count). The van der Waals surface area contributed by atoms with Gasteiger partial charge in [0.2, 0.25) is 5.91 Å². The number of hydrogen-bond acceptors (Lipinski definition) is 2. The van der Waals surface area contributed by atoms with E-state index in [1.54, 1.807) is 4.90 Å². The Hall–Kier alpha value is -2.04. The standard InChI is InChI=1S/C15H18N2O3/c1-2-10-3-5-12(6-4-10)17-8-11-7-16(15(19)20)9-13(11)14(17)18/h3-6,11,13H,2,7-9H2,1H3,(H,19,20)/t11-,13-/m1/s1. The summed E-state index contributed by atoms with van der Waals surface area (Å²) in [4.78, 5) is 26.5. The van der Waals surface area contributed by atoms with Crippen molar-refractivity contribution < 1.29 is 14.7 Å². The first-order valence-corrected chi connectivity index (χ1v) is 6.98. The Morgan fingerprint density at radius 2 is 1.95 bits per heavy atom. The summed E-state index contributed by atoms with van der Waals surface area (Å²) in [5.41, 5.74) is 2.17. The van der Waals surface area contributed by atoms with Crippen molar-refractivity contribution in [1.82, 2.24) is 4.90 Å². The van der Waals surface area contributed by atoms with Gasteiger partial charge in [-0.05, 0) is 24.1 Å². The van der Waals surface area contributed by atoms with Gasteiger partial charge in [0.25, 0.3) is 0 Å². The molecule has 2 aliphatic rings. The van der Waals surface area contributed by atoms with Crippen LogP contribution in [0.2, 0.25) is 0 Å². The number of hydrogen-bond donors (Lipinski definition) is 1. The Labute approximate surface area is 117 Å². The molecule has 1 aromatic rings. The number of likely N-dealkylation sites (tertiary alicyclic amines) is 1. The van der Waals surface area contributed by atoms with Crippen molar-refractivity contribution in [2.24, 2.45) is 11.8 Å². The number of amides is 2. The van der Waals surface area contributed by atoms with Gasteiger partial charge in [0.1, 0.15) is 0 Å². The van der Waals surface area contributed by atoms with Crippen molar-refractivity contribution in [3.63, 3.8) is 0 Å². The maximum atomic E-state index is 12.4. The lowest BCUT2D eigenvalue weighted by molar-refractivity contribution is -0.120. The number of carbonyl (C=O) groups excluding carboxylic acids is 1. The van der Waals surface area contributed by atoms with Crippen molar-refractivity contribution in [3.8, 4) is 0 Å². The van der Waals surface area contributed by atoms with Crippen LogP contribution in [0.5, 0.6) is 0 Å². The monoisotopic (exact) mass is 274 g/mol. The third-order valence-electron chi connectivity index (χ3n) is 4.37. The minimum Gasteiger partial charge on any atom is -0.465 e. The van der Waals surface area contributed by atoms with Gasteiger partial charge in [-0.3, -0.25) is 4.79 Å². The third kappa shape index (κ3) is 2.03. The van der Waals surface area contributed by atoms with Gasteiger partial charge in [-0.2, -0.15) is 0 Å². The topological polar surface area (TPSA) is 60.9 Å². The van der Waals surface area contributed by atoms with Gasteiger partial charge >= 0.3 is 6.09 Å². The van der Waals surface area contributed by atoms with E-state index in [0.717, 1.165) is 12.1 Å². The minimum atomic E-state index is -0.925. The van der Waals surface area contributed by atoms with Gasteiger partial charge in [-0.15, -0.1) is 0 Å². The fourth-order valence-corrected chi connectivity index (χ4v) is 3.16. The van der Waals surface area contributed by atoms with Crippen molar-refractivity contribution in [1.29, 1.82) is 0 Å². The molecule has 1 N–H and O–H groups in total. The summed E-state index contributed by atoms with van der Waals surface area (Å²) in [6.07, 6.45) is 0.0543. The van der Waals surface area contributed by atoms with Crippen molar-refractivity contribution in [2.45, 2.75) is 13.3 Å². The molecule has 0 radical (unpaired) electrons. The van der Waals surface area contributed by atoms with Crippen LogP contribution < -0.4 is 4.90 Å². The van der Waals surface area contributed by atoms with Crippen LogP contribution >= 0.6 is 0 Å². The molecule has 20 heavy (non-hydrogen) atoms. The van der Waals surface area contributed by atoms with Gasteiger partial charge in [0.05, 0.1) is 5.92 Å². The van der Waals surface area contributed by atoms with E-state index in [-0.39, 0.29) is 17.7 Å². The highest BCUT2D eigenvalue weighted by atomic mass is 16.4. The molecule has 0 unspecified atom stereocenters. The zero-order chi connectivity index (χ0) is 14.3. The van der Waals surface area contributed by atoms with Gasteiger partial charge in [0.15, 0.2) is 0 Å². The molecule has 2 heterocycles. The highest BCUT2D eigenvalue weighted by molar-refractivity contribution is 5.98. The molecule has 5 heteroatoms. The maximum absolute atomic E-state index is 12.4. The van der Waals surface area contributed by atoms with Gasteiger partial charge in [-0.25, -0.2) is 4.79 Å². The molecule has 0 saturated carbocycles. The fraction of sp³-hybridized carbons (Fsp3) is 0.467. The molecule has 0 aromatic heterocycles. The Bertz CT molecular complexity index is 541. The zero-order valence-corrected chi connectivity index (χ0v) is 11.5. The minimum absolute atomic E-state index is 0.0583. The molecule has 2 aliphatic heterocycles. The summed E-state index contributed by atoms with van der Waals surface area (Å²) in [5, 5.41) is 9.00. The summed E-state index contributed by atoms with van der Waals surface area (Å²) in [7, 11) is 0. The van der Waals surface area contributed by atoms with Crippen LogP contribution in [0.3, 0.4) is 0 Å². The van der Waals surface area contributed by atoms with Gasteiger partial charge in [-0.1, -0.05) is 19.1 Å². The number of carbonyl (C=O) groups is 2. The Kier molecular flexibility index (Phi) is 3.12. The first-order chi connectivity index (χ1) is 9.60. The second kappa shape index (κ2) is 4.81. The first kappa shape index (κ1) is 13.0. The fourth-order valence-electron chi connectivity index (χ4n) is 3.16. The number of aryl methyl sites for hydroxylation is 1. The quantitative estimate of drug-likeness (QED) is 0.895.